The highest BCUT2D eigenvalue weighted by atomic mass is 17.2. The van der Waals surface area contributed by atoms with Crippen LogP contribution in [0.3, 0.4) is 0 Å². The molecule has 0 aliphatic rings. The van der Waals surface area contributed by atoms with Crippen molar-refractivity contribution in [3.63, 3.8) is 0 Å². The van der Waals surface area contributed by atoms with Gasteiger partial charge in [0.25, 0.3) is 0 Å². The second-order valence-electron chi connectivity index (χ2n) is 8.66. The minimum atomic E-state index is 0.742. The lowest BCUT2D eigenvalue weighted by molar-refractivity contribution is -0.272. The predicted molar refractivity (Wildman–Crippen MR) is 141 cm³/mol. The van der Waals surface area contributed by atoms with Gasteiger partial charge in [-0.1, -0.05) is 129 Å². The van der Waals surface area contributed by atoms with Gasteiger partial charge < -0.3 is 0 Å². The first-order valence-electron chi connectivity index (χ1n) is 13.8. The van der Waals surface area contributed by atoms with Crippen LogP contribution in [-0.4, -0.2) is 13.7 Å². The monoisotopic (exact) mass is 438 g/mol. The molecule has 0 heterocycles. The van der Waals surface area contributed by atoms with E-state index in [1.807, 2.05) is 0 Å². The molecule has 0 aromatic rings. The van der Waals surface area contributed by atoms with E-state index in [0.29, 0.717) is 0 Å². The first-order chi connectivity index (χ1) is 15.3. The van der Waals surface area contributed by atoms with Crippen molar-refractivity contribution in [3.8, 4) is 0 Å². The summed E-state index contributed by atoms with van der Waals surface area (Å²) in [7, 11) is 1.56. The smallest absolute Gasteiger partial charge is 0.0822 e. The Morgan fingerprint density at radius 2 is 0.871 bits per heavy atom. The predicted octanol–water partition coefficient (Wildman–Crippen LogP) is 10.5. The molecule has 0 spiro atoms. The standard InChI is InChI=1S/C18H34.C11H24O2/c1-3-5-7-9-11-13-15-17-18-16-14-12-10-8-6-4-2;1-3-4-5-6-7-8-9-10-11-13-12-2/h5,7,10,12H,3-4,6,8-9,11,13-18H2,1-2H3;3-11H2,1-2H3/b7-5+,12-10-;. The molecule has 0 aromatic heterocycles. The zero-order valence-electron chi connectivity index (χ0n) is 22.0. The summed E-state index contributed by atoms with van der Waals surface area (Å²) >= 11 is 0. The summed E-state index contributed by atoms with van der Waals surface area (Å²) < 4.78 is 0. The van der Waals surface area contributed by atoms with Crippen LogP contribution < -0.4 is 0 Å². The minimum Gasteiger partial charge on any atom is -0.240 e. The summed E-state index contributed by atoms with van der Waals surface area (Å²) in [5.74, 6) is 0. The third kappa shape index (κ3) is 37.1. The highest BCUT2D eigenvalue weighted by Crippen LogP contribution is 2.10. The average Bonchev–Trinajstić information content (AvgIpc) is 2.79. The Morgan fingerprint density at radius 3 is 1.35 bits per heavy atom. The summed E-state index contributed by atoms with van der Waals surface area (Å²) in [6, 6.07) is 0. The van der Waals surface area contributed by atoms with E-state index in [9.17, 15) is 0 Å². The van der Waals surface area contributed by atoms with Crippen molar-refractivity contribution in [1.29, 1.82) is 0 Å². The largest absolute Gasteiger partial charge is 0.240 e. The molecule has 0 saturated heterocycles. The first-order valence-corrected chi connectivity index (χ1v) is 13.8. The van der Waals surface area contributed by atoms with Crippen LogP contribution >= 0.6 is 0 Å². The van der Waals surface area contributed by atoms with Crippen LogP contribution in [0.5, 0.6) is 0 Å². The zero-order valence-corrected chi connectivity index (χ0v) is 22.0. The summed E-state index contributed by atoms with van der Waals surface area (Å²) in [6.45, 7) is 7.45. The van der Waals surface area contributed by atoms with E-state index in [1.54, 1.807) is 7.11 Å². The average molecular weight is 439 g/mol. The van der Waals surface area contributed by atoms with Crippen LogP contribution in [0.2, 0.25) is 0 Å². The van der Waals surface area contributed by atoms with Crippen molar-refractivity contribution in [3.05, 3.63) is 24.3 Å². The zero-order chi connectivity index (χ0) is 23.1. The fourth-order valence-corrected chi connectivity index (χ4v) is 3.45. The molecule has 186 valence electrons. The van der Waals surface area contributed by atoms with Crippen molar-refractivity contribution in [1.82, 2.24) is 0 Å². The van der Waals surface area contributed by atoms with Crippen molar-refractivity contribution in [2.45, 2.75) is 149 Å². The fourth-order valence-electron chi connectivity index (χ4n) is 3.45. The molecule has 31 heavy (non-hydrogen) atoms. The highest BCUT2D eigenvalue weighted by Gasteiger charge is 1.92. The van der Waals surface area contributed by atoms with Crippen molar-refractivity contribution in [2.75, 3.05) is 13.7 Å². The molecule has 0 bridgehead atoms. The molecule has 0 N–H and O–H groups in total. The molecule has 2 nitrogen and oxygen atoms in total. The molecule has 0 aliphatic carbocycles. The van der Waals surface area contributed by atoms with Gasteiger partial charge in [0.2, 0.25) is 0 Å². The minimum absolute atomic E-state index is 0.742. The van der Waals surface area contributed by atoms with E-state index in [1.165, 1.54) is 122 Å². The quantitative estimate of drug-likeness (QED) is 0.0683. The van der Waals surface area contributed by atoms with E-state index in [-0.39, 0.29) is 0 Å². The molecule has 0 rings (SSSR count). The van der Waals surface area contributed by atoms with Gasteiger partial charge in [0, 0.05) is 0 Å². The van der Waals surface area contributed by atoms with Crippen molar-refractivity contribution >= 4 is 0 Å². The molecule has 0 fully saturated rings. The van der Waals surface area contributed by atoms with E-state index in [2.05, 4.69) is 50.0 Å². The summed E-state index contributed by atoms with van der Waals surface area (Å²) in [6.07, 6.45) is 36.2. The van der Waals surface area contributed by atoms with Gasteiger partial charge in [-0.3, -0.25) is 0 Å². The van der Waals surface area contributed by atoms with E-state index in [4.69, 9.17) is 4.89 Å². The van der Waals surface area contributed by atoms with Crippen LogP contribution in [0.4, 0.5) is 0 Å². The summed E-state index contributed by atoms with van der Waals surface area (Å²) in [4.78, 5) is 9.28. The van der Waals surface area contributed by atoms with Gasteiger partial charge in [0.15, 0.2) is 0 Å². The lowest BCUT2D eigenvalue weighted by atomic mass is 10.1. The van der Waals surface area contributed by atoms with Gasteiger partial charge in [-0.15, -0.1) is 0 Å². The SMILES string of the molecule is CC/C=C/CCCCCCCC/C=C\CCCC.CCCCCCCCCCOOC. The van der Waals surface area contributed by atoms with Gasteiger partial charge in [-0.25, -0.2) is 9.78 Å². The van der Waals surface area contributed by atoms with Crippen LogP contribution in [-0.2, 0) is 9.78 Å². The lowest BCUT2D eigenvalue weighted by Crippen LogP contribution is -1.92. The molecule has 0 aromatic carbocycles. The fraction of sp³-hybridized carbons (Fsp3) is 0.862. The van der Waals surface area contributed by atoms with Crippen molar-refractivity contribution < 1.29 is 9.78 Å². The van der Waals surface area contributed by atoms with E-state index in [0.717, 1.165) is 13.0 Å². The van der Waals surface area contributed by atoms with Gasteiger partial charge in [-0.2, -0.15) is 0 Å². The topological polar surface area (TPSA) is 18.5 Å². The first kappa shape index (κ1) is 32.6. The van der Waals surface area contributed by atoms with Crippen LogP contribution in [0.15, 0.2) is 24.3 Å². The highest BCUT2D eigenvalue weighted by molar-refractivity contribution is 4.81. The Bertz CT molecular complexity index is 326. The summed E-state index contributed by atoms with van der Waals surface area (Å²) in [5, 5.41) is 0. The molecule has 0 radical (unpaired) electrons. The summed E-state index contributed by atoms with van der Waals surface area (Å²) in [5.41, 5.74) is 0. The normalized spacial score (nSPS) is 11.4. The number of hydrogen-bond acceptors (Lipinski definition) is 2. The van der Waals surface area contributed by atoms with Gasteiger partial charge in [0.05, 0.1) is 13.7 Å². The third-order valence-electron chi connectivity index (χ3n) is 5.48. The molecule has 0 aliphatic heterocycles. The van der Waals surface area contributed by atoms with Crippen LogP contribution in [0.25, 0.3) is 0 Å². The third-order valence-corrected chi connectivity index (χ3v) is 5.48. The Morgan fingerprint density at radius 1 is 0.452 bits per heavy atom. The molecular formula is C29H58O2. The second-order valence-corrected chi connectivity index (χ2v) is 8.66. The number of unbranched alkanes of at least 4 members (excludes halogenated alkanes) is 16. The van der Waals surface area contributed by atoms with E-state index >= 15 is 0 Å². The number of rotatable bonds is 23. The molecular weight excluding hydrogens is 380 g/mol. The molecule has 0 amide bonds. The maximum Gasteiger partial charge on any atom is 0.0822 e. The molecule has 0 unspecified atom stereocenters. The maximum atomic E-state index is 4.78. The van der Waals surface area contributed by atoms with Crippen molar-refractivity contribution in [2.24, 2.45) is 0 Å². The van der Waals surface area contributed by atoms with Crippen LogP contribution in [0.1, 0.15) is 149 Å². The van der Waals surface area contributed by atoms with Gasteiger partial charge >= 0.3 is 0 Å². The molecule has 0 atom stereocenters. The van der Waals surface area contributed by atoms with E-state index < -0.39 is 0 Å². The maximum absolute atomic E-state index is 4.78. The van der Waals surface area contributed by atoms with Gasteiger partial charge in [-0.05, 0) is 44.9 Å². The Hall–Kier alpha value is -0.600. The Balaban J connectivity index is 0. The number of allylic oxidation sites excluding steroid dienone is 4. The lowest BCUT2D eigenvalue weighted by Gasteiger charge is -2.01. The Kier molecular flexibility index (Phi) is 35.8. The van der Waals surface area contributed by atoms with Crippen LogP contribution in [0, 0.1) is 0 Å². The Labute approximate surface area is 197 Å². The van der Waals surface area contributed by atoms with Gasteiger partial charge in [0.1, 0.15) is 0 Å². The molecule has 2 heteroatoms. The molecule has 0 saturated carbocycles. The number of hydrogen-bond donors (Lipinski definition) is 0. The second kappa shape index (κ2) is 34.0.